The molecule has 0 spiro atoms. The Morgan fingerprint density at radius 1 is 1.38 bits per heavy atom. The van der Waals surface area contributed by atoms with Crippen LogP contribution in [0.1, 0.15) is 0 Å². The van der Waals surface area contributed by atoms with Crippen LogP contribution in [0.3, 0.4) is 0 Å². The molecule has 1 aromatic heterocycles. The molecule has 0 bridgehead atoms. The summed E-state index contributed by atoms with van der Waals surface area (Å²) in [4.78, 5) is 9.00. The number of halogens is 1. The number of hydrogen-bond acceptors (Lipinski definition) is 7. The van der Waals surface area contributed by atoms with Crippen LogP contribution in [0.15, 0.2) is 33.9 Å². The number of nitro benzene ring substituents is 1. The van der Waals surface area contributed by atoms with Crippen LogP contribution < -0.4 is 16.0 Å². The second-order valence-corrected chi connectivity index (χ2v) is 6.22. The summed E-state index contributed by atoms with van der Waals surface area (Å²) < 4.78 is 40.5. The molecule has 0 unspecified atom stereocenters. The molecule has 0 saturated carbocycles. The van der Waals surface area contributed by atoms with Crippen LogP contribution in [-0.4, -0.2) is 13.3 Å². The number of hydrogen-bond donors (Lipinski definition) is 3. The molecule has 112 valence electrons. The SMILES string of the molecule is NNc1cc([N+](=O)[O-])cc(F)c1S(=O)(=O)Nc1ccsc1. The summed E-state index contributed by atoms with van der Waals surface area (Å²) in [5.74, 6) is 3.85. The minimum absolute atomic E-state index is 0.251. The molecule has 0 radical (unpaired) electrons. The smallest absolute Gasteiger partial charge is 0.274 e. The maximum Gasteiger partial charge on any atom is 0.274 e. The Labute approximate surface area is 122 Å². The largest absolute Gasteiger partial charge is 0.323 e. The van der Waals surface area contributed by atoms with Gasteiger partial charge in [0.15, 0.2) is 5.82 Å². The lowest BCUT2D eigenvalue weighted by Gasteiger charge is -2.11. The normalized spacial score (nSPS) is 11.1. The van der Waals surface area contributed by atoms with E-state index in [1.165, 1.54) is 22.8 Å². The predicted octanol–water partition coefficient (Wildman–Crippen LogP) is 1.88. The molecule has 0 saturated heterocycles. The van der Waals surface area contributed by atoms with E-state index in [4.69, 9.17) is 5.84 Å². The Hall–Kier alpha value is -2.24. The molecule has 0 fully saturated rings. The zero-order valence-corrected chi connectivity index (χ0v) is 11.9. The summed E-state index contributed by atoms with van der Waals surface area (Å²) in [7, 11) is -4.28. The number of thiophene rings is 1. The summed E-state index contributed by atoms with van der Waals surface area (Å²) in [6.45, 7) is 0. The van der Waals surface area contributed by atoms with E-state index in [-0.39, 0.29) is 5.69 Å². The Bertz CT molecular complexity index is 777. The lowest BCUT2D eigenvalue weighted by Crippen LogP contribution is -2.19. The number of nitrogens with one attached hydrogen (secondary N) is 2. The highest BCUT2D eigenvalue weighted by atomic mass is 32.2. The third kappa shape index (κ3) is 3.09. The van der Waals surface area contributed by atoms with Crippen molar-refractivity contribution < 1.29 is 17.7 Å². The first-order chi connectivity index (χ1) is 9.85. The standard InChI is InChI=1S/C10H9FN4O4S2/c11-8-3-7(15(16)17)4-9(13-12)10(8)21(18,19)14-6-1-2-20-5-6/h1-5,13-14H,12H2. The van der Waals surface area contributed by atoms with Crippen LogP contribution in [-0.2, 0) is 10.0 Å². The first kappa shape index (κ1) is 15.2. The fraction of sp³-hybridized carbons (Fsp3) is 0. The zero-order valence-electron chi connectivity index (χ0n) is 10.2. The quantitative estimate of drug-likeness (QED) is 0.436. The second kappa shape index (κ2) is 5.63. The van der Waals surface area contributed by atoms with Gasteiger partial charge in [-0.3, -0.25) is 20.7 Å². The van der Waals surface area contributed by atoms with E-state index in [2.05, 4.69) is 4.72 Å². The van der Waals surface area contributed by atoms with Gasteiger partial charge in [0.1, 0.15) is 4.90 Å². The minimum atomic E-state index is -4.28. The fourth-order valence-corrected chi connectivity index (χ4v) is 3.52. The average molecular weight is 332 g/mol. The number of nitrogens with two attached hydrogens (primary N) is 1. The number of nitro groups is 1. The highest BCUT2D eigenvalue weighted by Crippen LogP contribution is 2.30. The molecule has 21 heavy (non-hydrogen) atoms. The van der Waals surface area contributed by atoms with Gasteiger partial charge in [-0.2, -0.15) is 11.3 Å². The van der Waals surface area contributed by atoms with E-state index >= 15 is 0 Å². The molecular weight excluding hydrogens is 323 g/mol. The summed E-state index contributed by atoms with van der Waals surface area (Å²) in [5, 5.41) is 13.8. The van der Waals surface area contributed by atoms with E-state index in [9.17, 15) is 22.9 Å². The topological polar surface area (TPSA) is 127 Å². The number of sulfonamides is 1. The van der Waals surface area contributed by atoms with Crippen LogP contribution in [0, 0.1) is 15.9 Å². The van der Waals surface area contributed by atoms with E-state index in [0.29, 0.717) is 6.07 Å². The van der Waals surface area contributed by atoms with Gasteiger partial charge in [-0.1, -0.05) is 0 Å². The van der Waals surface area contributed by atoms with Crippen LogP contribution in [0.2, 0.25) is 0 Å². The maximum absolute atomic E-state index is 14.0. The molecule has 0 aliphatic carbocycles. The molecule has 1 heterocycles. The molecular formula is C10H9FN4O4S2. The van der Waals surface area contributed by atoms with Crippen molar-refractivity contribution in [3.05, 3.63) is 44.9 Å². The van der Waals surface area contributed by atoms with Gasteiger partial charge in [-0.05, 0) is 11.4 Å². The molecule has 0 amide bonds. The van der Waals surface area contributed by atoms with E-state index in [1.807, 2.05) is 5.43 Å². The van der Waals surface area contributed by atoms with Gasteiger partial charge < -0.3 is 5.43 Å². The lowest BCUT2D eigenvalue weighted by atomic mass is 10.3. The van der Waals surface area contributed by atoms with Crippen molar-refractivity contribution in [2.24, 2.45) is 5.84 Å². The van der Waals surface area contributed by atoms with Crippen molar-refractivity contribution >= 4 is 38.4 Å². The Morgan fingerprint density at radius 2 is 2.10 bits per heavy atom. The number of nitrogen functional groups attached to an aromatic ring is 1. The molecule has 2 rings (SSSR count). The van der Waals surface area contributed by atoms with Gasteiger partial charge in [0.2, 0.25) is 0 Å². The van der Waals surface area contributed by atoms with Crippen LogP contribution in [0.5, 0.6) is 0 Å². The van der Waals surface area contributed by atoms with E-state index in [1.54, 1.807) is 5.38 Å². The lowest BCUT2D eigenvalue weighted by molar-refractivity contribution is -0.385. The summed E-state index contributed by atoms with van der Waals surface area (Å²) in [6, 6.07) is 2.84. The molecule has 4 N–H and O–H groups in total. The first-order valence-electron chi connectivity index (χ1n) is 5.34. The number of hydrazine groups is 1. The van der Waals surface area contributed by atoms with Gasteiger partial charge in [0.05, 0.1) is 22.4 Å². The van der Waals surface area contributed by atoms with Gasteiger partial charge in [0, 0.05) is 11.4 Å². The monoisotopic (exact) mass is 332 g/mol. The average Bonchev–Trinajstić information content (AvgIpc) is 2.89. The van der Waals surface area contributed by atoms with Crippen LogP contribution in [0.25, 0.3) is 0 Å². The van der Waals surface area contributed by atoms with E-state index < -0.39 is 37.0 Å². The van der Waals surface area contributed by atoms with Crippen molar-refractivity contribution in [2.45, 2.75) is 4.90 Å². The van der Waals surface area contributed by atoms with Crippen molar-refractivity contribution in [1.29, 1.82) is 0 Å². The molecule has 2 aromatic rings. The number of anilines is 2. The van der Waals surface area contributed by atoms with Crippen molar-refractivity contribution in [2.75, 3.05) is 10.1 Å². The zero-order chi connectivity index (χ0) is 15.6. The molecule has 8 nitrogen and oxygen atoms in total. The number of nitrogens with zero attached hydrogens (tertiary/aromatic N) is 1. The minimum Gasteiger partial charge on any atom is -0.323 e. The molecule has 0 aliphatic heterocycles. The number of non-ortho nitro benzene ring substituents is 1. The predicted molar refractivity (Wildman–Crippen MR) is 76.0 cm³/mol. The number of rotatable bonds is 5. The highest BCUT2D eigenvalue weighted by molar-refractivity contribution is 7.93. The molecule has 0 aliphatic rings. The first-order valence-corrected chi connectivity index (χ1v) is 7.77. The van der Waals surface area contributed by atoms with Crippen LogP contribution in [0.4, 0.5) is 21.5 Å². The third-order valence-corrected chi connectivity index (χ3v) is 4.58. The van der Waals surface area contributed by atoms with Crippen molar-refractivity contribution in [3.63, 3.8) is 0 Å². The summed E-state index contributed by atoms with van der Waals surface area (Å²) in [5.41, 5.74) is 1.18. The van der Waals surface area contributed by atoms with Gasteiger partial charge >= 0.3 is 0 Å². The van der Waals surface area contributed by atoms with Crippen LogP contribution >= 0.6 is 11.3 Å². The van der Waals surface area contributed by atoms with Gasteiger partial charge in [0.25, 0.3) is 15.7 Å². The second-order valence-electron chi connectivity index (χ2n) is 3.82. The Balaban J connectivity index is 2.54. The molecule has 11 heteroatoms. The highest BCUT2D eigenvalue weighted by Gasteiger charge is 2.27. The Morgan fingerprint density at radius 3 is 2.62 bits per heavy atom. The summed E-state index contributed by atoms with van der Waals surface area (Å²) in [6.07, 6.45) is 0. The Kier molecular flexibility index (Phi) is 4.06. The van der Waals surface area contributed by atoms with Gasteiger partial charge in [-0.15, -0.1) is 0 Å². The summed E-state index contributed by atoms with van der Waals surface area (Å²) >= 11 is 1.25. The molecule has 0 atom stereocenters. The number of benzene rings is 1. The third-order valence-electron chi connectivity index (χ3n) is 2.44. The van der Waals surface area contributed by atoms with Crippen molar-refractivity contribution in [3.8, 4) is 0 Å². The van der Waals surface area contributed by atoms with Gasteiger partial charge in [-0.25, -0.2) is 12.8 Å². The van der Waals surface area contributed by atoms with E-state index in [0.717, 1.165) is 6.07 Å². The molecule has 1 aromatic carbocycles. The fourth-order valence-electron chi connectivity index (χ4n) is 1.59. The maximum atomic E-state index is 14.0. The van der Waals surface area contributed by atoms with Crippen molar-refractivity contribution in [1.82, 2.24) is 0 Å².